The highest BCUT2D eigenvalue weighted by molar-refractivity contribution is 7.99. The van der Waals surface area contributed by atoms with Gasteiger partial charge in [-0.3, -0.25) is 4.79 Å². The highest BCUT2D eigenvalue weighted by Gasteiger charge is 2.06. The molecule has 1 N–H and O–H groups in total. The Morgan fingerprint density at radius 1 is 1.23 bits per heavy atom. The highest BCUT2D eigenvalue weighted by Crippen LogP contribution is 2.18. The van der Waals surface area contributed by atoms with Gasteiger partial charge in [0.15, 0.2) is 0 Å². The van der Waals surface area contributed by atoms with E-state index in [0.29, 0.717) is 25.5 Å². The standard InChI is InChI=1S/C17H20N2O2S/c1-2-21-17-14(7-6-11-18-17)13-19-16(20)10-12-22-15-8-4-3-5-9-15/h3-9,11H,2,10,12-13H2,1H3,(H,19,20). The number of thioether (sulfide) groups is 1. The van der Waals surface area contributed by atoms with Crippen LogP contribution in [0.1, 0.15) is 18.9 Å². The van der Waals surface area contributed by atoms with Gasteiger partial charge in [0.2, 0.25) is 11.8 Å². The van der Waals surface area contributed by atoms with Crippen molar-refractivity contribution in [1.29, 1.82) is 0 Å². The first kappa shape index (κ1) is 16.4. The lowest BCUT2D eigenvalue weighted by Crippen LogP contribution is -2.23. The lowest BCUT2D eigenvalue weighted by molar-refractivity contribution is -0.120. The Bertz CT molecular complexity index is 590. The highest BCUT2D eigenvalue weighted by atomic mass is 32.2. The van der Waals surface area contributed by atoms with E-state index in [2.05, 4.69) is 10.3 Å². The Labute approximate surface area is 135 Å². The summed E-state index contributed by atoms with van der Waals surface area (Å²) >= 11 is 1.68. The Morgan fingerprint density at radius 2 is 2.05 bits per heavy atom. The first-order valence-electron chi connectivity index (χ1n) is 7.31. The normalized spacial score (nSPS) is 10.2. The number of nitrogens with zero attached hydrogens (tertiary/aromatic N) is 1. The summed E-state index contributed by atoms with van der Waals surface area (Å²) in [6.45, 7) is 2.92. The number of carbonyl (C=O) groups excluding carboxylic acids is 1. The molecule has 1 amide bonds. The van der Waals surface area contributed by atoms with Crippen LogP contribution in [0.2, 0.25) is 0 Å². The van der Waals surface area contributed by atoms with E-state index >= 15 is 0 Å². The van der Waals surface area contributed by atoms with Crippen LogP contribution in [0.5, 0.6) is 5.88 Å². The third-order valence-corrected chi connectivity index (χ3v) is 3.96. The zero-order chi connectivity index (χ0) is 15.6. The van der Waals surface area contributed by atoms with Gasteiger partial charge in [0.05, 0.1) is 6.61 Å². The SMILES string of the molecule is CCOc1ncccc1CNC(=O)CCSc1ccccc1. The first-order valence-corrected chi connectivity index (χ1v) is 8.29. The van der Waals surface area contributed by atoms with Crippen molar-refractivity contribution in [1.82, 2.24) is 10.3 Å². The summed E-state index contributed by atoms with van der Waals surface area (Å²) < 4.78 is 5.44. The molecule has 0 saturated carbocycles. The third kappa shape index (κ3) is 5.41. The van der Waals surface area contributed by atoms with Crippen LogP contribution < -0.4 is 10.1 Å². The van der Waals surface area contributed by atoms with Gasteiger partial charge in [-0.15, -0.1) is 11.8 Å². The van der Waals surface area contributed by atoms with E-state index in [1.807, 2.05) is 49.4 Å². The van der Waals surface area contributed by atoms with Crippen LogP contribution in [-0.2, 0) is 11.3 Å². The number of aromatic nitrogens is 1. The molecule has 0 aliphatic heterocycles. The number of pyridine rings is 1. The molecular weight excluding hydrogens is 296 g/mol. The second-order valence-electron chi connectivity index (χ2n) is 4.59. The maximum atomic E-state index is 11.9. The monoisotopic (exact) mass is 316 g/mol. The van der Waals surface area contributed by atoms with Crippen molar-refractivity contribution in [3.05, 3.63) is 54.2 Å². The predicted molar refractivity (Wildman–Crippen MR) is 89.0 cm³/mol. The molecule has 0 radical (unpaired) electrons. The molecule has 2 aromatic rings. The lowest BCUT2D eigenvalue weighted by atomic mass is 10.2. The fraction of sp³-hybridized carbons (Fsp3) is 0.294. The van der Waals surface area contributed by atoms with Crippen LogP contribution in [0.25, 0.3) is 0 Å². The minimum Gasteiger partial charge on any atom is -0.478 e. The molecule has 0 bridgehead atoms. The van der Waals surface area contributed by atoms with Crippen molar-refractivity contribution >= 4 is 17.7 Å². The minimum atomic E-state index is 0.0368. The first-order chi connectivity index (χ1) is 10.8. The lowest BCUT2D eigenvalue weighted by Gasteiger charge is -2.09. The van der Waals surface area contributed by atoms with Crippen molar-refractivity contribution in [3.8, 4) is 5.88 Å². The molecule has 1 heterocycles. The summed E-state index contributed by atoms with van der Waals surface area (Å²) in [6, 6.07) is 13.8. The number of carbonyl (C=O) groups is 1. The molecule has 0 aliphatic rings. The van der Waals surface area contributed by atoms with Gasteiger partial charge in [-0.25, -0.2) is 4.98 Å². The predicted octanol–water partition coefficient (Wildman–Crippen LogP) is 3.28. The number of hydrogen-bond donors (Lipinski definition) is 1. The largest absolute Gasteiger partial charge is 0.478 e. The van der Waals surface area contributed by atoms with Crippen molar-refractivity contribution in [2.24, 2.45) is 0 Å². The summed E-state index contributed by atoms with van der Waals surface area (Å²) in [4.78, 5) is 17.2. The number of ether oxygens (including phenoxy) is 1. The zero-order valence-electron chi connectivity index (χ0n) is 12.6. The Kier molecular flexibility index (Phi) is 6.77. The van der Waals surface area contributed by atoms with Crippen molar-refractivity contribution in [2.45, 2.75) is 24.8 Å². The number of benzene rings is 1. The smallest absolute Gasteiger partial charge is 0.221 e. The molecule has 0 spiro atoms. The molecule has 4 nitrogen and oxygen atoms in total. The van der Waals surface area contributed by atoms with Gasteiger partial charge >= 0.3 is 0 Å². The summed E-state index contributed by atoms with van der Waals surface area (Å²) in [5.41, 5.74) is 0.897. The summed E-state index contributed by atoms with van der Waals surface area (Å²) in [7, 11) is 0. The van der Waals surface area contributed by atoms with Crippen molar-refractivity contribution in [2.75, 3.05) is 12.4 Å². The number of amides is 1. The van der Waals surface area contributed by atoms with E-state index in [0.717, 1.165) is 11.3 Å². The number of rotatable bonds is 8. The van der Waals surface area contributed by atoms with Gasteiger partial charge in [-0.2, -0.15) is 0 Å². The molecular formula is C17H20N2O2S. The van der Waals surface area contributed by atoms with Crippen molar-refractivity contribution < 1.29 is 9.53 Å². The Morgan fingerprint density at radius 3 is 2.82 bits per heavy atom. The second-order valence-corrected chi connectivity index (χ2v) is 5.76. The Balaban J connectivity index is 1.74. The number of nitrogens with one attached hydrogen (secondary N) is 1. The quantitative estimate of drug-likeness (QED) is 0.759. The fourth-order valence-electron chi connectivity index (χ4n) is 1.89. The molecule has 0 saturated heterocycles. The molecule has 0 aliphatic carbocycles. The van der Waals surface area contributed by atoms with Gasteiger partial charge in [-0.1, -0.05) is 24.3 Å². The van der Waals surface area contributed by atoms with Crippen LogP contribution in [0, 0.1) is 0 Å². The van der Waals surface area contributed by atoms with Gasteiger partial charge in [0, 0.05) is 35.4 Å². The van der Waals surface area contributed by atoms with E-state index in [1.54, 1.807) is 18.0 Å². The zero-order valence-corrected chi connectivity index (χ0v) is 13.4. The molecule has 22 heavy (non-hydrogen) atoms. The van der Waals surface area contributed by atoms with Gasteiger partial charge in [0.1, 0.15) is 0 Å². The van der Waals surface area contributed by atoms with E-state index in [1.165, 1.54) is 4.90 Å². The molecule has 0 fully saturated rings. The van der Waals surface area contributed by atoms with Crippen LogP contribution in [0.3, 0.4) is 0 Å². The summed E-state index contributed by atoms with van der Waals surface area (Å²) in [5.74, 6) is 1.39. The van der Waals surface area contributed by atoms with Gasteiger partial charge in [0.25, 0.3) is 0 Å². The molecule has 0 unspecified atom stereocenters. The maximum absolute atomic E-state index is 11.9. The van der Waals surface area contributed by atoms with Gasteiger partial charge in [-0.05, 0) is 25.1 Å². The van der Waals surface area contributed by atoms with Crippen LogP contribution in [0.4, 0.5) is 0 Å². The number of hydrogen-bond acceptors (Lipinski definition) is 4. The average Bonchev–Trinajstić information content (AvgIpc) is 2.55. The van der Waals surface area contributed by atoms with E-state index in [4.69, 9.17) is 4.74 Å². The fourth-order valence-corrected chi connectivity index (χ4v) is 2.76. The summed E-state index contributed by atoms with van der Waals surface area (Å²) in [5, 5.41) is 2.91. The molecule has 2 rings (SSSR count). The van der Waals surface area contributed by atoms with E-state index < -0.39 is 0 Å². The van der Waals surface area contributed by atoms with Crippen molar-refractivity contribution in [3.63, 3.8) is 0 Å². The van der Waals surface area contributed by atoms with Gasteiger partial charge < -0.3 is 10.1 Å². The molecule has 1 aromatic carbocycles. The molecule has 1 aromatic heterocycles. The molecule has 0 atom stereocenters. The van der Waals surface area contributed by atoms with Crippen LogP contribution >= 0.6 is 11.8 Å². The molecule has 5 heteroatoms. The third-order valence-electron chi connectivity index (χ3n) is 2.95. The maximum Gasteiger partial charge on any atom is 0.221 e. The molecule has 116 valence electrons. The van der Waals surface area contributed by atoms with E-state index in [9.17, 15) is 4.79 Å². The second kappa shape index (κ2) is 9.10. The van der Waals surface area contributed by atoms with E-state index in [-0.39, 0.29) is 5.91 Å². The topological polar surface area (TPSA) is 51.2 Å². The van der Waals surface area contributed by atoms with Crippen LogP contribution in [-0.4, -0.2) is 23.3 Å². The van der Waals surface area contributed by atoms with Crippen LogP contribution in [0.15, 0.2) is 53.6 Å². The Hall–Kier alpha value is -2.01. The average molecular weight is 316 g/mol. The minimum absolute atomic E-state index is 0.0368. The summed E-state index contributed by atoms with van der Waals surface area (Å²) in [6.07, 6.45) is 2.18.